The van der Waals surface area contributed by atoms with E-state index in [-0.39, 0.29) is 17.9 Å². The summed E-state index contributed by atoms with van der Waals surface area (Å²) in [5.41, 5.74) is 3.05. The van der Waals surface area contributed by atoms with Crippen LogP contribution < -0.4 is 10.1 Å². The topological polar surface area (TPSA) is 78.3 Å². The molecule has 0 saturated carbocycles. The van der Waals surface area contributed by atoms with E-state index in [9.17, 15) is 4.79 Å². The fourth-order valence-electron chi connectivity index (χ4n) is 4.26. The van der Waals surface area contributed by atoms with Crippen molar-refractivity contribution in [3.05, 3.63) is 29.5 Å². The number of nitrogens with one attached hydrogen (secondary N) is 1. The molecule has 5 rings (SSSR count). The highest BCUT2D eigenvalue weighted by molar-refractivity contribution is 7.18. The number of nitrogens with zero attached hydrogens (tertiary/aromatic N) is 3. The second-order valence-corrected chi connectivity index (χ2v) is 9.40. The van der Waals surface area contributed by atoms with Crippen LogP contribution in [0.2, 0.25) is 0 Å². The Morgan fingerprint density at radius 3 is 2.90 bits per heavy atom. The third kappa shape index (κ3) is 3.81. The van der Waals surface area contributed by atoms with Crippen LogP contribution in [0, 0.1) is 12.8 Å². The van der Waals surface area contributed by atoms with Crippen molar-refractivity contribution < 1.29 is 14.3 Å². The van der Waals surface area contributed by atoms with Crippen LogP contribution in [0.5, 0.6) is 5.75 Å². The number of rotatable bonds is 5. The lowest BCUT2D eigenvalue weighted by atomic mass is 10.0. The maximum absolute atomic E-state index is 11.6. The Kier molecular flexibility index (Phi) is 5.20. The minimum atomic E-state index is -0.0604. The molecule has 1 amide bonds. The summed E-state index contributed by atoms with van der Waals surface area (Å²) in [6, 6.07) is 4.59. The first-order chi connectivity index (χ1) is 14.6. The van der Waals surface area contributed by atoms with Gasteiger partial charge in [-0.2, -0.15) is 5.10 Å². The molecule has 3 aromatic rings. The summed E-state index contributed by atoms with van der Waals surface area (Å²) in [6.45, 7) is 6.31. The van der Waals surface area contributed by atoms with E-state index in [0.29, 0.717) is 19.0 Å². The van der Waals surface area contributed by atoms with Gasteiger partial charge in [0.1, 0.15) is 11.9 Å². The lowest BCUT2D eigenvalue weighted by Crippen LogP contribution is -2.25. The molecule has 7 nitrogen and oxygen atoms in total. The third-order valence-corrected chi connectivity index (χ3v) is 7.05. The lowest BCUT2D eigenvalue weighted by molar-refractivity contribution is -0.119. The minimum absolute atomic E-state index is 0.0604. The number of amides is 1. The van der Waals surface area contributed by atoms with Crippen molar-refractivity contribution in [3.63, 3.8) is 0 Å². The Morgan fingerprint density at radius 1 is 1.30 bits per heavy atom. The minimum Gasteiger partial charge on any atom is -0.489 e. The SMILES string of the molecule is Cc1nc2cc(-c3cnn(C4CCOCC4)c3)cc(OC(C)C3CNC(=O)C3)c2s1. The molecular weight excluding hydrogens is 400 g/mol. The molecule has 1 aromatic carbocycles. The first-order valence-electron chi connectivity index (χ1n) is 10.5. The van der Waals surface area contributed by atoms with E-state index >= 15 is 0 Å². The molecule has 2 unspecified atom stereocenters. The standard InChI is InChI=1S/C22H26N4O3S/c1-13(16-9-21(27)23-10-16)29-20-8-15(7-19-22(20)30-14(2)25-19)17-11-24-26(12-17)18-3-5-28-6-4-18/h7-8,11-13,16,18H,3-6,9-10H2,1-2H3,(H,23,27). The van der Waals surface area contributed by atoms with Crippen LogP contribution in [0.25, 0.3) is 21.3 Å². The molecule has 0 radical (unpaired) electrons. The highest BCUT2D eigenvalue weighted by atomic mass is 32.1. The summed E-state index contributed by atoms with van der Waals surface area (Å²) in [7, 11) is 0. The maximum Gasteiger partial charge on any atom is 0.220 e. The van der Waals surface area contributed by atoms with E-state index < -0.39 is 0 Å². The summed E-state index contributed by atoms with van der Waals surface area (Å²) in [5, 5.41) is 8.53. The predicted octanol–water partition coefficient (Wildman–Crippen LogP) is 3.72. The monoisotopic (exact) mass is 426 g/mol. The molecule has 1 N–H and O–H groups in total. The molecule has 8 heteroatoms. The first-order valence-corrected chi connectivity index (χ1v) is 11.4. The van der Waals surface area contributed by atoms with E-state index in [4.69, 9.17) is 14.5 Å². The van der Waals surface area contributed by atoms with Crippen molar-refractivity contribution in [3.8, 4) is 16.9 Å². The zero-order chi connectivity index (χ0) is 20.7. The van der Waals surface area contributed by atoms with Gasteiger partial charge in [-0.15, -0.1) is 11.3 Å². The molecule has 4 heterocycles. The summed E-state index contributed by atoms with van der Waals surface area (Å²) < 4.78 is 15.0. The van der Waals surface area contributed by atoms with Crippen molar-refractivity contribution in [2.45, 2.75) is 45.3 Å². The number of hydrogen-bond acceptors (Lipinski definition) is 6. The molecule has 2 aromatic heterocycles. The molecule has 0 bridgehead atoms. The Bertz CT molecular complexity index is 1070. The van der Waals surface area contributed by atoms with Crippen molar-refractivity contribution in [1.82, 2.24) is 20.1 Å². The van der Waals surface area contributed by atoms with E-state index in [0.717, 1.165) is 58.2 Å². The highest BCUT2D eigenvalue weighted by Crippen LogP contribution is 2.37. The zero-order valence-corrected chi connectivity index (χ0v) is 18.1. The van der Waals surface area contributed by atoms with Crippen molar-refractivity contribution in [2.24, 2.45) is 5.92 Å². The molecule has 0 aliphatic carbocycles. The molecule has 2 aliphatic heterocycles. The number of fused-ring (bicyclic) bond motifs is 1. The number of aryl methyl sites for hydroxylation is 1. The van der Waals surface area contributed by atoms with E-state index in [1.54, 1.807) is 11.3 Å². The Hall–Kier alpha value is -2.45. The van der Waals surface area contributed by atoms with E-state index in [1.165, 1.54) is 0 Å². The van der Waals surface area contributed by atoms with Gasteiger partial charge in [-0.3, -0.25) is 9.48 Å². The summed E-state index contributed by atoms with van der Waals surface area (Å²) in [5.74, 6) is 1.11. The van der Waals surface area contributed by atoms with Gasteiger partial charge in [0, 0.05) is 43.9 Å². The van der Waals surface area contributed by atoms with Crippen LogP contribution in [0.3, 0.4) is 0 Å². The number of carbonyl (C=O) groups excluding carboxylic acids is 1. The van der Waals surface area contributed by atoms with Crippen molar-refractivity contribution in [2.75, 3.05) is 19.8 Å². The van der Waals surface area contributed by atoms with Gasteiger partial charge in [0.25, 0.3) is 0 Å². The first kappa shape index (κ1) is 19.5. The molecule has 158 valence electrons. The largest absolute Gasteiger partial charge is 0.489 e. The average molecular weight is 427 g/mol. The van der Waals surface area contributed by atoms with Crippen LogP contribution in [0.1, 0.15) is 37.2 Å². The average Bonchev–Trinajstić information content (AvgIpc) is 3.47. The van der Waals surface area contributed by atoms with Crippen LogP contribution in [0.15, 0.2) is 24.5 Å². The van der Waals surface area contributed by atoms with Crippen molar-refractivity contribution >= 4 is 27.5 Å². The Morgan fingerprint density at radius 2 is 2.13 bits per heavy atom. The molecule has 2 atom stereocenters. The second kappa shape index (κ2) is 8.00. The number of carbonyl (C=O) groups is 1. The highest BCUT2D eigenvalue weighted by Gasteiger charge is 2.28. The fraction of sp³-hybridized carbons (Fsp3) is 0.500. The fourth-order valence-corrected chi connectivity index (χ4v) is 5.12. The molecule has 2 fully saturated rings. The van der Waals surface area contributed by atoms with Crippen LogP contribution in [-0.4, -0.2) is 46.5 Å². The lowest BCUT2D eigenvalue weighted by Gasteiger charge is -2.22. The number of benzene rings is 1. The van der Waals surface area contributed by atoms with Gasteiger partial charge < -0.3 is 14.8 Å². The van der Waals surface area contributed by atoms with Gasteiger partial charge in [0.15, 0.2) is 0 Å². The van der Waals surface area contributed by atoms with Gasteiger partial charge in [0.05, 0.1) is 27.5 Å². The van der Waals surface area contributed by atoms with Gasteiger partial charge in [-0.25, -0.2) is 4.98 Å². The van der Waals surface area contributed by atoms with Gasteiger partial charge >= 0.3 is 0 Å². The van der Waals surface area contributed by atoms with Crippen LogP contribution in [0.4, 0.5) is 0 Å². The summed E-state index contributed by atoms with van der Waals surface area (Å²) >= 11 is 1.64. The number of thiazole rings is 1. The smallest absolute Gasteiger partial charge is 0.220 e. The van der Waals surface area contributed by atoms with E-state index in [2.05, 4.69) is 33.4 Å². The van der Waals surface area contributed by atoms with Gasteiger partial charge in [-0.05, 0) is 44.4 Å². The third-order valence-electron chi connectivity index (χ3n) is 6.05. The van der Waals surface area contributed by atoms with E-state index in [1.807, 2.05) is 20.0 Å². The van der Waals surface area contributed by atoms with Crippen LogP contribution >= 0.6 is 11.3 Å². The van der Waals surface area contributed by atoms with Gasteiger partial charge in [0.2, 0.25) is 5.91 Å². The van der Waals surface area contributed by atoms with Crippen LogP contribution in [-0.2, 0) is 9.53 Å². The predicted molar refractivity (Wildman–Crippen MR) is 116 cm³/mol. The molecule has 2 aliphatic rings. The van der Waals surface area contributed by atoms with Crippen molar-refractivity contribution in [1.29, 1.82) is 0 Å². The normalized spacial score (nSPS) is 21.1. The number of hydrogen-bond donors (Lipinski definition) is 1. The summed E-state index contributed by atoms with van der Waals surface area (Å²) in [6.07, 6.45) is 6.47. The molecule has 2 saturated heterocycles. The molecule has 0 spiro atoms. The quantitative estimate of drug-likeness (QED) is 0.673. The molecule has 30 heavy (non-hydrogen) atoms. The summed E-state index contributed by atoms with van der Waals surface area (Å²) in [4.78, 5) is 16.3. The van der Waals surface area contributed by atoms with Gasteiger partial charge in [-0.1, -0.05) is 0 Å². The molecular formula is C22H26N4O3S. The zero-order valence-electron chi connectivity index (χ0n) is 17.3. The number of aromatic nitrogens is 3. The Labute approximate surface area is 179 Å². The Balaban J connectivity index is 1.46. The second-order valence-electron chi connectivity index (χ2n) is 8.20. The maximum atomic E-state index is 11.6. The number of ether oxygens (including phenoxy) is 2.